The Morgan fingerprint density at radius 2 is 2.03 bits per heavy atom. The number of fused-ring (bicyclic) bond motifs is 2. The molecule has 3 aromatic rings. The standard InChI is InChI=1S/C25H30FN3S/c1-16(2)14-29-15-17(13-28-30-18-7-8-18)21-11-23(26)22(12-25(21)29)19-9-10-27-24-6-4-3-5-20(19)24/h9-12,15-16,18,28H,3-8,13-14H2,1-2H3. The number of benzene rings is 1. The monoisotopic (exact) mass is 423 g/mol. The smallest absolute Gasteiger partial charge is 0.131 e. The Morgan fingerprint density at radius 1 is 1.20 bits per heavy atom. The van der Waals surface area contributed by atoms with E-state index in [1.165, 1.54) is 30.4 Å². The van der Waals surface area contributed by atoms with Crippen molar-refractivity contribution in [3.63, 3.8) is 0 Å². The molecule has 1 aromatic carbocycles. The minimum Gasteiger partial charge on any atom is -0.347 e. The predicted octanol–water partition coefficient (Wildman–Crippen LogP) is 6.28. The molecule has 0 radical (unpaired) electrons. The van der Waals surface area contributed by atoms with E-state index in [1.54, 1.807) is 6.07 Å². The molecular weight excluding hydrogens is 393 g/mol. The van der Waals surface area contributed by atoms with Gasteiger partial charge in [0.25, 0.3) is 0 Å². The van der Waals surface area contributed by atoms with Gasteiger partial charge in [0, 0.05) is 52.9 Å². The van der Waals surface area contributed by atoms with E-state index < -0.39 is 0 Å². The van der Waals surface area contributed by atoms with Crippen LogP contribution in [0.2, 0.25) is 0 Å². The fourth-order valence-electron chi connectivity index (χ4n) is 4.58. The van der Waals surface area contributed by atoms with E-state index in [0.717, 1.165) is 65.3 Å². The third-order valence-electron chi connectivity index (χ3n) is 6.18. The molecule has 3 nitrogen and oxygen atoms in total. The predicted molar refractivity (Wildman–Crippen MR) is 124 cm³/mol. The number of nitrogens with zero attached hydrogens (tertiary/aromatic N) is 2. The summed E-state index contributed by atoms with van der Waals surface area (Å²) in [6, 6.07) is 5.84. The summed E-state index contributed by atoms with van der Waals surface area (Å²) in [6.45, 7) is 6.17. The molecule has 0 spiro atoms. The van der Waals surface area contributed by atoms with Crippen molar-refractivity contribution in [2.75, 3.05) is 0 Å². The second-order valence-corrected chi connectivity index (χ2v) is 10.4. The molecule has 1 saturated carbocycles. The van der Waals surface area contributed by atoms with Crippen LogP contribution in [0, 0.1) is 11.7 Å². The largest absolute Gasteiger partial charge is 0.347 e. The molecule has 158 valence electrons. The van der Waals surface area contributed by atoms with Gasteiger partial charge in [-0.2, -0.15) is 0 Å². The number of rotatable bonds is 7. The highest BCUT2D eigenvalue weighted by molar-refractivity contribution is 7.98. The van der Waals surface area contributed by atoms with E-state index in [4.69, 9.17) is 0 Å². The van der Waals surface area contributed by atoms with Gasteiger partial charge >= 0.3 is 0 Å². The summed E-state index contributed by atoms with van der Waals surface area (Å²) in [6.07, 6.45) is 11.0. The van der Waals surface area contributed by atoms with E-state index >= 15 is 4.39 Å². The Bertz CT molecular complexity index is 1070. The Labute approximate surface area is 182 Å². The fourth-order valence-corrected chi connectivity index (χ4v) is 5.42. The zero-order chi connectivity index (χ0) is 20.7. The topological polar surface area (TPSA) is 29.9 Å². The molecule has 5 heteroatoms. The molecule has 1 fully saturated rings. The molecule has 2 aliphatic rings. The summed E-state index contributed by atoms with van der Waals surface area (Å²) < 4.78 is 21.2. The number of aromatic nitrogens is 2. The van der Waals surface area contributed by atoms with Crippen molar-refractivity contribution in [3.05, 3.63) is 53.2 Å². The quantitative estimate of drug-likeness (QED) is 0.454. The van der Waals surface area contributed by atoms with Crippen LogP contribution >= 0.6 is 11.9 Å². The summed E-state index contributed by atoms with van der Waals surface area (Å²) >= 11 is 1.83. The van der Waals surface area contributed by atoms with Crippen molar-refractivity contribution in [2.24, 2.45) is 5.92 Å². The summed E-state index contributed by atoms with van der Waals surface area (Å²) in [4.78, 5) is 4.57. The first-order chi connectivity index (χ1) is 14.6. The number of pyridine rings is 1. The van der Waals surface area contributed by atoms with Crippen molar-refractivity contribution in [2.45, 2.75) is 70.7 Å². The second-order valence-electron chi connectivity index (χ2n) is 9.18. The average Bonchev–Trinajstić information content (AvgIpc) is 3.50. The van der Waals surface area contributed by atoms with E-state index in [0.29, 0.717) is 5.92 Å². The minimum absolute atomic E-state index is 0.125. The first-order valence-electron chi connectivity index (χ1n) is 11.3. The van der Waals surface area contributed by atoms with Crippen molar-refractivity contribution in [1.29, 1.82) is 0 Å². The fraction of sp³-hybridized carbons (Fsp3) is 0.480. The lowest BCUT2D eigenvalue weighted by Crippen LogP contribution is -2.07. The summed E-state index contributed by atoms with van der Waals surface area (Å²) in [7, 11) is 0. The molecule has 0 amide bonds. The Kier molecular flexibility index (Phi) is 5.59. The highest BCUT2D eigenvalue weighted by Crippen LogP contribution is 2.36. The normalized spacial score (nSPS) is 16.4. The van der Waals surface area contributed by atoms with Gasteiger partial charge < -0.3 is 4.57 Å². The Hall–Kier alpha value is -1.85. The molecule has 2 aromatic heterocycles. The van der Waals surface area contributed by atoms with Gasteiger partial charge in [0.1, 0.15) is 5.82 Å². The highest BCUT2D eigenvalue weighted by atomic mass is 32.2. The van der Waals surface area contributed by atoms with Gasteiger partial charge in [0.2, 0.25) is 0 Å². The average molecular weight is 424 g/mol. The maximum absolute atomic E-state index is 15.4. The van der Waals surface area contributed by atoms with E-state index in [9.17, 15) is 0 Å². The third-order valence-corrected chi connectivity index (χ3v) is 7.29. The maximum Gasteiger partial charge on any atom is 0.131 e. The first kappa shape index (κ1) is 20.1. The molecule has 0 unspecified atom stereocenters. The molecule has 0 saturated heterocycles. The van der Waals surface area contributed by atoms with Crippen LogP contribution in [0.1, 0.15) is 56.4 Å². The maximum atomic E-state index is 15.4. The van der Waals surface area contributed by atoms with Crippen LogP contribution in [-0.2, 0) is 25.9 Å². The number of aryl methyl sites for hydroxylation is 1. The molecule has 1 N–H and O–H groups in total. The lowest BCUT2D eigenvalue weighted by molar-refractivity contribution is 0.534. The van der Waals surface area contributed by atoms with Gasteiger partial charge in [-0.15, -0.1) is 0 Å². The van der Waals surface area contributed by atoms with Crippen LogP contribution in [0.15, 0.2) is 30.6 Å². The van der Waals surface area contributed by atoms with Crippen LogP contribution in [0.4, 0.5) is 4.39 Å². The number of hydrogen-bond acceptors (Lipinski definition) is 3. The SMILES string of the molecule is CC(C)Cn1cc(CNSC2CC2)c2cc(F)c(-c3ccnc4c3CCCC4)cc21. The lowest BCUT2D eigenvalue weighted by atomic mass is 9.89. The molecule has 2 aliphatic carbocycles. The summed E-state index contributed by atoms with van der Waals surface area (Å²) in [5, 5.41) is 1.79. The van der Waals surface area contributed by atoms with Gasteiger partial charge in [-0.05, 0) is 79.3 Å². The third kappa shape index (κ3) is 4.02. The van der Waals surface area contributed by atoms with Crippen molar-refractivity contribution < 1.29 is 4.39 Å². The summed E-state index contributed by atoms with van der Waals surface area (Å²) in [5.41, 5.74) is 6.46. The van der Waals surface area contributed by atoms with Crippen LogP contribution in [-0.4, -0.2) is 14.8 Å². The molecule has 0 bridgehead atoms. The Balaban J connectivity index is 1.58. The zero-order valence-corrected chi connectivity index (χ0v) is 18.7. The molecule has 2 heterocycles. The lowest BCUT2D eigenvalue weighted by Gasteiger charge is -2.19. The van der Waals surface area contributed by atoms with Gasteiger partial charge in [0.15, 0.2) is 0 Å². The van der Waals surface area contributed by atoms with Gasteiger partial charge in [0.05, 0.1) is 0 Å². The second kappa shape index (κ2) is 8.35. The zero-order valence-electron chi connectivity index (χ0n) is 17.9. The summed E-state index contributed by atoms with van der Waals surface area (Å²) in [5.74, 6) is 0.407. The molecular formula is C25H30FN3S. The van der Waals surface area contributed by atoms with Crippen molar-refractivity contribution in [1.82, 2.24) is 14.3 Å². The van der Waals surface area contributed by atoms with E-state index in [1.807, 2.05) is 24.2 Å². The number of halogens is 1. The van der Waals surface area contributed by atoms with Crippen LogP contribution in [0.5, 0.6) is 0 Å². The van der Waals surface area contributed by atoms with Crippen LogP contribution in [0.25, 0.3) is 22.0 Å². The van der Waals surface area contributed by atoms with Crippen LogP contribution < -0.4 is 4.72 Å². The highest BCUT2D eigenvalue weighted by Gasteiger charge is 2.23. The van der Waals surface area contributed by atoms with Gasteiger partial charge in [-0.1, -0.05) is 25.8 Å². The van der Waals surface area contributed by atoms with E-state index in [-0.39, 0.29) is 5.82 Å². The van der Waals surface area contributed by atoms with Crippen molar-refractivity contribution >= 4 is 22.9 Å². The Morgan fingerprint density at radius 3 is 2.83 bits per heavy atom. The van der Waals surface area contributed by atoms with Crippen LogP contribution in [0.3, 0.4) is 0 Å². The first-order valence-corrected chi connectivity index (χ1v) is 12.1. The number of nitrogens with one attached hydrogen (secondary N) is 1. The molecule has 5 rings (SSSR count). The number of hydrogen-bond donors (Lipinski definition) is 1. The molecule has 0 atom stereocenters. The van der Waals surface area contributed by atoms with Gasteiger partial charge in [-0.25, -0.2) is 4.39 Å². The molecule has 0 aliphatic heterocycles. The van der Waals surface area contributed by atoms with E-state index in [2.05, 4.69) is 40.4 Å². The van der Waals surface area contributed by atoms with Crippen molar-refractivity contribution in [3.8, 4) is 11.1 Å². The minimum atomic E-state index is -0.125. The molecule has 30 heavy (non-hydrogen) atoms. The van der Waals surface area contributed by atoms with Gasteiger partial charge in [-0.3, -0.25) is 9.71 Å².